The quantitative estimate of drug-likeness (QED) is 0.691. The van der Waals surface area contributed by atoms with Gasteiger partial charge in [0.2, 0.25) is 0 Å². The Hall–Kier alpha value is -0.0400. The Labute approximate surface area is 133 Å². The van der Waals surface area contributed by atoms with E-state index >= 15 is 0 Å². The molecule has 124 valence electrons. The fourth-order valence-electron chi connectivity index (χ4n) is 5.44. The lowest BCUT2D eigenvalue weighted by atomic mass is 9.61. The Kier molecular flexibility index (Phi) is 6.17. The maximum atomic E-state index is 4.01. The van der Waals surface area contributed by atoms with E-state index in [0.29, 0.717) is 5.41 Å². The van der Waals surface area contributed by atoms with Crippen LogP contribution in [0.5, 0.6) is 0 Å². The third-order valence-electron chi connectivity index (χ3n) is 6.38. The lowest BCUT2D eigenvalue weighted by molar-refractivity contribution is 0.0480. The van der Waals surface area contributed by atoms with Crippen LogP contribution in [0, 0.1) is 29.1 Å². The van der Waals surface area contributed by atoms with Crippen LogP contribution in [0.3, 0.4) is 0 Å². The predicted molar refractivity (Wildman–Crippen MR) is 93.5 cm³/mol. The summed E-state index contributed by atoms with van der Waals surface area (Å²) >= 11 is 0. The molecule has 0 spiro atoms. The zero-order chi connectivity index (χ0) is 15.5. The molecule has 2 aliphatic rings. The lowest BCUT2D eigenvalue weighted by Gasteiger charge is -2.48. The Morgan fingerprint density at radius 1 is 1.05 bits per heavy atom. The van der Waals surface area contributed by atoms with Gasteiger partial charge in [-0.25, -0.2) is 0 Å². The molecule has 0 aromatic heterocycles. The van der Waals surface area contributed by atoms with Gasteiger partial charge in [-0.1, -0.05) is 47.5 Å². The van der Waals surface area contributed by atoms with E-state index in [0.717, 1.165) is 29.7 Å². The van der Waals surface area contributed by atoms with E-state index in [9.17, 15) is 0 Å². The molecule has 1 N–H and O–H groups in total. The van der Waals surface area contributed by atoms with Crippen molar-refractivity contribution >= 4 is 0 Å². The maximum absolute atomic E-state index is 4.01. The van der Waals surface area contributed by atoms with Crippen molar-refractivity contribution in [3.05, 3.63) is 0 Å². The van der Waals surface area contributed by atoms with E-state index in [1.807, 2.05) is 0 Å². The van der Waals surface area contributed by atoms with Crippen molar-refractivity contribution in [1.29, 1.82) is 0 Å². The van der Waals surface area contributed by atoms with Gasteiger partial charge in [0.15, 0.2) is 0 Å². The van der Waals surface area contributed by atoms with Gasteiger partial charge in [0.1, 0.15) is 0 Å². The van der Waals surface area contributed by atoms with Crippen LogP contribution < -0.4 is 5.32 Å². The van der Waals surface area contributed by atoms with E-state index in [1.54, 1.807) is 0 Å². The first-order chi connectivity index (χ1) is 9.94. The number of nitrogens with one attached hydrogen (secondary N) is 1. The summed E-state index contributed by atoms with van der Waals surface area (Å²) in [6.45, 7) is 13.5. The van der Waals surface area contributed by atoms with E-state index in [2.05, 4.69) is 39.9 Å². The Balaban J connectivity index is 2.12. The summed E-state index contributed by atoms with van der Waals surface area (Å²) in [6.07, 6.45) is 11.4. The second-order valence-corrected chi connectivity index (χ2v) is 9.00. The van der Waals surface area contributed by atoms with Crippen LogP contribution in [0.4, 0.5) is 0 Å². The zero-order valence-corrected chi connectivity index (χ0v) is 15.3. The van der Waals surface area contributed by atoms with Crippen molar-refractivity contribution in [3.63, 3.8) is 0 Å². The van der Waals surface area contributed by atoms with Gasteiger partial charge in [-0.3, -0.25) is 0 Å². The first kappa shape index (κ1) is 17.3. The van der Waals surface area contributed by atoms with Crippen LogP contribution in [0.15, 0.2) is 0 Å². The molecular formula is C20H39N. The zero-order valence-electron chi connectivity index (χ0n) is 15.3. The Morgan fingerprint density at radius 3 is 2.29 bits per heavy atom. The minimum atomic E-state index is 0.535. The Bertz CT molecular complexity index is 299. The van der Waals surface area contributed by atoms with Crippen molar-refractivity contribution < 1.29 is 0 Å². The fourth-order valence-corrected chi connectivity index (χ4v) is 5.44. The molecule has 4 atom stereocenters. The average molecular weight is 294 g/mol. The molecule has 0 heterocycles. The van der Waals surface area contributed by atoms with Gasteiger partial charge in [-0.15, -0.1) is 0 Å². The molecule has 2 saturated carbocycles. The summed E-state index contributed by atoms with van der Waals surface area (Å²) in [4.78, 5) is 0. The van der Waals surface area contributed by atoms with Crippen molar-refractivity contribution in [1.82, 2.24) is 5.32 Å². The highest BCUT2D eigenvalue weighted by Crippen LogP contribution is 2.47. The topological polar surface area (TPSA) is 12.0 Å². The van der Waals surface area contributed by atoms with Gasteiger partial charge in [0.05, 0.1) is 0 Å². The summed E-state index contributed by atoms with van der Waals surface area (Å²) in [5.74, 6) is 3.66. The molecule has 0 aromatic carbocycles. The summed E-state index contributed by atoms with van der Waals surface area (Å²) < 4.78 is 0. The number of hydrogen-bond donors (Lipinski definition) is 1. The molecule has 4 unspecified atom stereocenters. The first-order valence-corrected chi connectivity index (χ1v) is 9.67. The molecule has 0 radical (unpaired) electrons. The van der Waals surface area contributed by atoms with E-state index in [4.69, 9.17) is 0 Å². The molecular weight excluding hydrogens is 254 g/mol. The summed E-state index contributed by atoms with van der Waals surface area (Å²) in [6, 6.07) is 0.769. The summed E-state index contributed by atoms with van der Waals surface area (Å²) in [5.41, 5.74) is 0.535. The van der Waals surface area contributed by atoms with E-state index < -0.39 is 0 Å². The molecule has 21 heavy (non-hydrogen) atoms. The van der Waals surface area contributed by atoms with E-state index in [-0.39, 0.29) is 0 Å². The maximum Gasteiger partial charge on any atom is 0.0129 e. The first-order valence-electron chi connectivity index (χ1n) is 9.67. The second-order valence-electron chi connectivity index (χ2n) is 9.00. The minimum Gasteiger partial charge on any atom is -0.313 e. The molecule has 0 aromatic rings. The van der Waals surface area contributed by atoms with Crippen LogP contribution >= 0.6 is 0 Å². The molecule has 2 aliphatic carbocycles. The summed E-state index contributed by atoms with van der Waals surface area (Å²) in [5, 5.41) is 4.01. The number of hydrogen-bond acceptors (Lipinski definition) is 1. The molecule has 2 fully saturated rings. The highest BCUT2D eigenvalue weighted by atomic mass is 14.9. The molecule has 0 aliphatic heterocycles. The minimum absolute atomic E-state index is 0.535. The van der Waals surface area contributed by atoms with E-state index in [1.165, 1.54) is 57.9 Å². The molecule has 1 nitrogen and oxygen atoms in total. The molecule has 0 saturated heterocycles. The van der Waals surface area contributed by atoms with Gasteiger partial charge in [0, 0.05) is 6.04 Å². The van der Waals surface area contributed by atoms with Crippen LogP contribution in [0.25, 0.3) is 0 Å². The third-order valence-corrected chi connectivity index (χ3v) is 6.38. The largest absolute Gasteiger partial charge is 0.313 e. The molecule has 2 rings (SSSR count). The highest BCUT2D eigenvalue weighted by molar-refractivity contribution is 4.95. The van der Waals surface area contributed by atoms with Crippen LogP contribution in [-0.4, -0.2) is 12.6 Å². The monoisotopic (exact) mass is 293 g/mol. The van der Waals surface area contributed by atoms with Gasteiger partial charge >= 0.3 is 0 Å². The van der Waals surface area contributed by atoms with Crippen molar-refractivity contribution in [2.75, 3.05) is 6.54 Å². The van der Waals surface area contributed by atoms with Gasteiger partial charge in [-0.2, -0.15) is 0 Å². The third kappa shape index (κ3) is 4.47. The molecule has 0 amide bonds. The standard InChI is InChI=1S/C20H39N/c1-6-11-21-19(17-13-15(2)12-16(3)14-17)18-9-7-8-10-20(18,4)5/h15-19,21H,6-14H2,1-5H3. The number of rotatable bonds is 5. The summed E-state index contributed by atoms with van der Waals surface area (Å²) in [7, 11) is 0. The second kappa shape index (κ2) is 7.49. The SMILES string of the molecule is CCCNC(C1CC(C)CC(C)C1)C1CCCCC1(C)C. The lowest BCUT2D eigenvalue weighted by Crippen LogP contribution is -2.50. The van der Waals surface area contributed by atoms with Crippen LogP contribution in [0.2, 0.25) is 0 Å². The fraction of sp³-hybridized carbons (Fsp3) is 1.00. The van der Waals surface area contributed by atoms with Gasteiger partial charge in [0.25, 0.3) is 0 Å². The predicted octanol–water partition coefficient (Wildman–Crippen LogP) is 5.64. The van der Waals surface area contributed by atoms with Gasteiger partial charge < -0.3 is 5.32 Å². The van der Waals surface area contributed by atoms with Gasteiger partial charge in [-0.05, 0) is 74.2 Å². The van der Waals surface area contributed by atoms with Crippen molar-refractivity contribution in [3.8, 4) is 0 Å². The average Bonchev–Trinajstić information content (AvgIpc) is 2.39. The van der Waals surface area contributed by atoms with Crippen LogP contribution in [0.1, 0.15) is 86.0 Å². The Morgan fingerprint density at radius 2 is 1.71 bits per heavy atom. The normalized spacial score (nSPS) is 38.1. The highest BCUT2D eigenvalue weighted by Gasteiger charge is 2.41. The molecule has 0 bridgehead atoms. The molecule has 1 heteroatoms. The van der Waals surface area contributed by atoms with Crippen LogP contribution in [-0.2, 0) is 0 Å². The van der Waals surface area contributed by atoms with Crippen molar-refractivity contribution in [2.24, 2.45) is 29.1 Å². The van der Waals surface area contributed by atoms with Crippen molar-refractivity contribution in [2.45, 2.75) is 92.0 Å². The smallest absolute Gasteiger partial charge is 0.0129 e.